The van der Waals surface area contributed by atoms with Gasteiger partial charge in [-0.2, -0.15) is 0 Å². The van der Waals surface area contributed by atoms with Gasteiger partial charge >= 0.3 is 0 Å². The number of hydrogen-bond acceptors (Lipinski definition) is 5. The first-order valence-electron chi connectivity index (χ1n) is 9.59. The standard InChI is InChI=1S/C24H26O5/c1-13(2)23(27)20-10-8-17(11-21(20)16(6)26)29-18-7-9-19(15(5)25)22(12-18)24(28)14(3)4/h7-14H,1-6H3. The fraction of sp³-hybridized carbons (Fsp3) is 0.333. The van der Waals surface area contributed by atoms with Crippen LogP contribution in [0.5, 0.6) is 11.5 Å². The van der Waals surface area contributed by atoms with E-state index in [1.807, 2.05) is 0 Å². The normalized spacial score (nSPS) is 10.9. The third-order valence-corrected chi connectivity index (χ3v) is 4.56. The van der Waals surface area contributed by atoms with E-state index in [1.165, 1.54) is 19.9 Å². The van der Waals surface area contributed by atoms with E-state index < -0.39 is 0 Å². The van der Waals surface area contributed by atoms with Crippen LogP contribution in [-0.4, -0.2) is 23.1 Å². The lowest BCUT2D eigenvalue weighted by atomic mass is 9.94. The molecule has 152 valence electrons. The molecule has 0 saturated heterocycles. The van der Waals surface area contributed by atoms with Gasteiger partial charge in [-0.05, 0) is 50.2 Å². The summed E-state index contributed by atoms with van der Waals surface area (Å²) in [5.74, 6) is -0.457. The monoisotopic (exact) mass is 394 g/mol. The van der Waals surface area contributed by atoms with E-state index in [0.717, 1.165) is 0 Å². The number of carbonyl (C=O) groups is 4. The molecule has 0 amide bonds. The highest BCUT2D eigenvalue weighted by Gasteiger charge is 2.20. The molecule has 0 spiro atoms. The van der Waals surface area contributed by atoms with Crippen molar-refractivity contribution >= 4 is 23.1 Å². The second-order valence-corrected chi connectivity index (χ2v) is 7.67. The Bertz CT molecular complexity index is 983. The summed E-state index contributed by atoms with van der Waals surface area (Å²) in [6.45, 7) is 9.90. The number of Topliss-reactive ketones (excluding diaryl/α,β-unsaturated/α-hetero) is 4. The lowest BCUT2D eigenvalue weighted by Gasteiger charge is -2.14. The lowest BCUT2D eigenvalue weighted by molar-refractivity contribution is 0.0924. The maximum Gasteiger partial charge on any atom is 0.166 e. The van der Waals surface area contributed by atoms with Crippen LogP contribution < -0.4 is 4.74 Å². The largest absolute Gasteiger partial charge is 0.457 e. The van der Waals surface area contributed by atoms with Gasteiger partial charge in [0, 0.05) is 34.1 Å². The third kappa shape index (κ3) is 5.05. The Morgan fingerprint density at radius 2 is 1.03 bits per heavy atom. The maximum absolute atomic E-state index is 12.5. The zero-order chi connectivity index (χ0) is 21.9. The molecule has 0 N–H and O–H groups in total. The Morgan fingerprint density at radius 1 is 0.621 bits per heavy atom. The van der Waals surface area contributed by atoms with Crippen LogP contribution in [0.2, 0.25) is 0 Å². The average molecular weight is 394 g/mol. The minimum absolute atomic E-state index is 0.114. The van der Waals surface area contributed by atoms with E-state index in [2.05, 4.69) is 0 Å². The smallest absolute Gasteiger partial charge is 0.166 e. The second kappa shape index (κ2) is 8.95. The number of hydrogen-bond donors (Lipinski definition) is 0. The molecule has 0 heterocycles. The zero-order valence-electron chi connectivity index (χ0n) is 17.7. The van der Waals surface area contributed by atoms with Crippen molar-refractivity contribution in [2.75, 3.05) is 0 Å². The summed E-state index contributed by atoms with van der Waals surface area (Å²) in [6, 6.07) is 9.44. The Kier molecular flexibility index (Phi) is 6.85. The van der Waals surface area contributed by atoms with Gasteiger partial charge in [-0.1, -0.05) is 27.7 Å². The zero-order valence-corrected chi connectivity index (χ0v) is 17.7. The lowest BCUT2D eigenvalue weighted by Crippen LogP contribution is -2.13. The number of ether oxygens (including phenoxy) is 1. The molecule has 0 aliphatic heterocycles. The third-order valence-electron chi connectivity index (χ3n) is 4.56. The molecule has 2 aromatic carbocycles. The van der Waals surface area contributed by atoms with Crippen molar-refractivity contribution in [1.82, 2.24) is 0 Å². The Hall–Kier alpha value is -3.08. The molecule has 0 aromatic heterocycles. The predicted molar refractivity (Wildman–Crippen MR) is 111 cm³/mol. The van der Waals surface area contributed by atoms with Gasteiger partial charge in [0.2, 0.25) is 0 Å². The summed E-state index contributed by atoms with van der Waals surface area (Å²) in [5.41, 5.74) is 1.31. The van der Waals surface area contributed by atoms with Gasteiger partial charge in [0.15, 0.2) is 23.1 Å². The summed E-state index contributed by atoms with van der Waals surface area (Å²) >= 11 is 0. The summed E-state index contributed by atoms with van der Waals surface area (Å²) in [7, 11) is 0. The van der Waals surface area contributed by atoms with E-state index in [9.17, 15) is 19.2 Å². The van der Waals surface area contributed by atoms with Gasteiger partial charge in [0.1, 0.15) is 11.5 Å². The highest BCUT2D eigenvalue weighted by Crippen LogP contribution is 2.28. The first-order chi connectivity index (χ1) is 13.5. The highest BCUT2D eigenvalue weighted by molar-refractivity contribution is 6.09. The van der Waals surface area contributed by atoms with Crippen molar-refractivity contribution in [1.29, 1.82) is 0 Å². The first-order valence-corrected chi connectivity index (χ1v) is 9.59. The Labute approximate surface area is 171 Å². The molecule has 29 heavy (non-hydrogen) atoms. The minimum Gasteiger partial charge on any atom is -0.457 e. The van der Waals surface area contributed by atoms with Crippen LogP contribution >= 0.6 is 0 Å². The topological polar surface area (TPSA) is 77.5 Å². The average Bonchev–Trinajstić information content (AvgIpc) is 2.66. The molecule has 0 aliphatic rings. The molecule has 0 saturated carbocycles. The fourth-order valence-corrected chi connectivity index (χ4v) is 2.95. The molecule has 2 rings (SSSR count). The molecule has 0 atom stereocenters. The van der Waals surface area contributed by atoms with Crippen molar-refractivity contribution in [3.05, 3.63) is 58.7 Å². The number of ketones is 4. The first kappa shape index (κ1) is 22.2. The van der Waals surface area contributed by atoms with E-state index in [0.29, 0.717) is 33.8 Å². The molecule has 0 bridgehead atoms. The Morgan fingerprint density at radius 3 is 1.48 bits per heavy atom. The van der Waals surface area contributed by atoms with E-state index in [-0.39, 0.29) is 35.0 Å². The predicted octanol–water partition coefficient (Wildman–Crippen LogP) is 5.56. The van der Waals surface area contributed by atoms with Crippen LogP contribution in [-0.2, 0) is 0 Å². The van der Waals surface area contributed by atoms with Crippen molar-refractivity contribution < 1.29 is 23.9 Å². The summed E-state index contributed by atoms with van der Waals surface area (Å²) in [5, 5.41) is 0. The Balaban J connectivity index is 2.46. The SMILES string of the molecule is CC(=O)c1cc(Oc2ccc(C(C)=O)c(C(=O)C(C)C)c2)ccc1C(=O)C(C)C. The molecular formula is C24H26O5. The van der Waals surface area contributed by atoms with E-state index in [1.54, 1.807) is 58.0 Å². The van der Waals surface area contributed by atoms with Crippen LogP contribution in [0.3, 0.4) is 0 Å². The summed E-state index contributed by atoms with van der Waals surface area (Å²) in [6.07, 6.45) is 0. The fourth-order valence-electron chi connectivity index (χ4n) is 2.95. The number of benzene rings is 2. The van der Waals surface area contributed by atoms with Crippen LogP contribution in [0.15, 0.2) is 36.4 Å². The van der Waals surface area contributed by atoms with Crippen LogP contribution in [0.25, 0.3) is 0 Å². The quantitative estimate of drug-likeness (QED) is 0.548. The molecule has 0 aliphatic carbocycles. The molecule has 0 unspecified atom stereocenters. The summed E-state index contributed by atoms with van der Waals surface area (Å²) < 4.78 is 5.84. The van der Waals surface area contributed by atoms with Crippen LogP contribution in [0, 0.1) is 11.8 Å². The molecule has 5 heteroatoms. The molecule has 0 fully saturated rings. The van der Waals surface area contributed by atoms with E-state index in [4.69, 9.17) is 4.74 Å². The van der Waals surface area contributed by atoms with Crippen molar-refractivity contribution in [2.24, 2.45) is 11.8 Å². The van der Waals surface area contributed by atoms with Gasteiger partial charge in [-0.3, -0.25) is 19.2 Å². The summed E-state index contributed by atoms with van der Waals surface area (Å²) in [4.78, 5) is 48.8. The maximum atomic E-state index is 12.5. The van der Waals surface area contributed by atoms with Crippen molar-refractivity contribution in [2.45, 2.75) is 41.5 Å². The molecule has 5 nitrogen and oxygen atoms in total. The van der Waals surface area contributed by atoms with Gasteiger partial charge < -0.3 is 4.74 Å². The van der Waals surface area contributed by atoms with Gasteiger partial charge in [0.25, 0.3) is 0 Å². The molecule has 2 aromatic rings. The number of rotatable bonds is 8. The van der Waals surface area contributed by atoms with Crippen molar-refractivity contribution in [3.63, 3.8) is 0 Å². The highest BCUT2D eigenvalue weighted by atomic mass is 16.5. The van der Waals surface area contributed by atoms with Crippen LogP contribution in [0.1, 0.15) is 83.0 Å². The van der Waals surface area contributed by atoms with E-state index >= 15 is 0 Å². The second-order valence-electron chi connectivity index (χ2n) is 7.67. The van der Waals surface area contributed by atoms with Gasteiger partial charge in [-0.15, -0.1) is 0 Å². The van der Waals surface area contributed by atoms with Crippen LogP contribution in [0.4, 0.5) is 0 Å². The molecule has 0 radical (unpaired) electrons. The molecular weight excluding hydrogens is 368 g/mol. The van der Waals surface area contributed by atoms with Crippen molar-refractivity contribution in [3.8, 4) is 11.5 Å². The number of carbonyl (C=O) groups excluding carboxylic acids is 4. The van der Waals surface area contributed by atoms with Gasteiger partial charge in [0.05, 0.1) is 0 Å². The minimum atomic E-state index is -0.269. The van der Waals surface area contributed by atoms with Gasteiger partial charge in [-0.25, -0.2) is 0 Å².